The summed E-state index contributed by atoms with van der Waals surface area (Å²) in [5.74, 6) is 0. The Hall–Kier alpha value is -2.35. The third-order valence-corrected chi connectivity index (χ3v) is 7.18. The summed E-state index contributed by atoms with van der Waals surface area (Å²) in [5.41, 5.74) is 7.04. The second-order valence-electron chi connectivity index (χ2n) is 7.77. The summed E-state index contributed by atoms with van der Waals surface area (Å²) < 4.78 is 23.8. The van der Waals surface area contributed by atoms with Crippen LogP contribution in [-0.4, -0.2) is 0 Å². The van der Waals surface area contributed by atoms with Gasteiger partial charge in [0, 0.05) is 29.9 Å². The molecule has 0 fully saturated rings. The lowest BCUT2D eigenvalue weighted by Gasteiger charge is -2.22. The van der Waals surface area contributed by atoms with Crippen molar-refractivity contribution in [2.45, 2.75) is 26.1 Å². The summed E-state index contributed by atoms with van der Waals surface area (Å²) in [5, 5.41) is 0.700. The van der Waals surface area contributed by atoms with Crippen LogP contribution in [0, 0.1) is 6.85 Å². The second kappa shape index (κ2) is 6.34. The molecule has 28 heavy (non-hydrogen) atoms. The van der Waals surface area contributed by atoms with Gasteiger partial charge in [-0.25, -0.2) is 0 Å². The van der Waals surface area contributed by atoms with E-state index in [-0.39, 0.29) is 5.41 Å². The van der Waals surface area contributed by atoms with Crippen LogP contribution in [0.4, 0.5) is 0 Å². The highest BCUT2D eigenvalue weighted by atomic mass is 35.5. The van der Waals surface area contributed by atoms with Crippen molar-refractivity contribution in [3.05, 3.63) is 94.5 Å². The molecule has 0 saturated carbocycles. The smallest absolute Gasteiger partial charge is 0.0431 e. The molecule has 4 aromatic rings. The van der Waals surface area contributed by atoms with Crippen molar-refractivity contribution in [2.75, 3.05) is 0 Å². The minimum atomic E-state index is -2.14. The zero-order chi connectivity index (χ0) is 22.0. The molecule has 1 heterocycles. The third-order valence-electron chi connectivity index (χ3n) is 5.64. The Balaban J connectivity index is 1.86. The van der Waals surface area contributed by atoms with Crippen LogP contribution in [0.1, 0.15) is 34.7 Å². The first-order valence-corrected chi connectivity index (χ1v) is 10.5. The van der Waals surface area contributed by atoms with Crippen LogP contribution in [0.5, 0.6) is 0 Å². The van der Waals surface area contributed by atoms with Crippen LogP contribution < -0.4 is 0 Å². The summed E-state index contributed by atoms with van der Waals surface area (Å²) in [4.78, 5) is 2.39. The normalized spacial score (nSPS) is 16.0. The van der Waals surface area contributed by atoms with Crippen LogP contribution in [0.2, 0.25) is 5.02 Å². The lowest BCUT2D eigenvalue weighted by molar-refractivity contribution is 0.664. The number of hydrogen-bond acceptors (Lipinski definition) is 1. The first kappa shape index (κ1) is 14.6. The average molecular weight is 404 g/mol. The van der Waals surface area contributed by atoms with E-state index in [2.05, 4.69) is 38.1 Å². The van der Waals surface area contributed by atoms with Crippen LogP contribution in [0.25, 0.3) is 32.0 Å². The fourth-order valence-electron chi connectivity index (χ4n) is 4.31. The lowest BCUT2D eigenvalue weighted by atomic mass is 9.81. The molecule has 3 aromatic carbocycles. The van der Waals surface area contributed by atoms with Crippen molar-refractivity contribution in [3.8, 4) is 32.0 Å². The quantitative estimate of drug-likeness (QED) is 0.315. The molecule has 1 aliphatic carbocycles. The van der Waals surface area contributed by atoms with E-state index in [0.717, 1.165) is 21.6 Å². The molecule has 0 spiro atoms. The molecule has 5 rings (SSSR count). The molecule has 0 unspecified atom stereocenters. The Morgan fingerprint density at radius 3 is 2.29 bits per heavy atom. The Bertz CT molecular complexity index is 1280. The Labute approximate surface area is 179 Å². The lowest BCUT2D eigenvalue weighted by Crippen LogP contribution is -2.15. The summed E-state index contributed by atoms with van der Waals surface area (Å²) in [7, 11) is 0. The van der Waals surface area contributed by atoms with Crippen LogP contribution in [0.15, 0.2) is 72.8 Å². The molecule has 0 saturated heterocycles. The topological polar surface area (TPSA) is 0 Å². The highest BCUT2D eigenvalue weighted by Gasteiger charge is 2.41. The molecule has 138 valence electrons. The van der Waals surface area contributed by atoms with Crippen LogP contribution >= 0.6 is 22.9 Å². The number of benzene rings is 3. The van der Waals surface area contributed by atoms with E-state index in [1.165, 1.54) is 21.6 Å². The summed E-state index contributed by atoms with van der Waals surface area (Å²) in [6.45, 7) is 2.33. The maximum absolute atomic E-state index is 7.92. The summed E-state index contributed by atoms with van der Waals surface area (Å²) in [6, 6.07) is 24.0. The molecule has 0 radical (unpaired) electrons. The minimum absolute atomic E-state index is 0.232. The summed E-state index contributed by atoms with van der Waals surface area (Å²) in [6.07, 6.45) is 0. The first-order chi connectivity index (χ1) is 14.7. The zero-order valence-corrected chi connectivity index (χ0v) is 17.3. The molecular weight excluding hydrogens is 380 g/mol. The Morgan fingerprint density at radius 1 is 0.857 bits per heavy atom. The predicted molar refractivity (Wildman–Crippen MR) is 123 cm³/mol. The van der Waals surface area contributed by atoms with Gasteiger partial charge in [0.25, 0.3) is 0 Å². The van der Waals surface area contributed by atoms with Crippen LogP contribution in [-0.2, 0) is 5.41 Å². The van der Waals surface area contributed by atoms with Crippen LogP contribution in [0.3, 0.4) is 0 Å². The molecule has 0 aliphatic heterocycles. The average Bonchev–Trinajstić information content (AvgIpc) is 3.24. The minimum Gasteiger partial charge on any atom is -0.134 e. The van der Waals surface area contributed by atoms with Gasteiger partial charge in [-0.15, -0.1) is 11.3 Å². The summed E-state index contributed by atoms with van der Waals surface area (Å²) >= 11 is 7.93. The number of aryl methyl sites for hydroxylation is 1. The van der Waals surface area contributed by atoms with Gasteiger partial charge in [0.2, 0.25) is 0 Å². The number of hydrogen-bond donors (Lipinski definition) is 0. The molecular formula is C26H21ClS. The van der Waals surface area contributed by atoms with Crippen molar-refractivity contribution < 1.29 is 4.11 Å². The zero-order valence-electron chi connectivity index (χ0n) is 18.7. The monoisotopic (exact) mass is 403 g/mol. The molecule has 2 heteroatoms. The van der Waals surface area contributed by atoms with Gasteiger partial charge < -0.3 is 0 Å². The van der Waals surface area contributed by atoms with Crippen molar-refractivity contribution in [1.82, 2.24) is 0 Å². The molecule has 0 amide bonds. The molecule has 1 aliphatic rings. The van der Waals surface area contributed by atoms with Gasteiger partial charge in [-0.3, -0.25) is 0 Å². The maximum atomic E-state index is 7.92. The first-order valence-electron chi connectivity index (χ1n) is 10.8. The van der Waals surface area contributed by atoms with Gasteiger partial charge in [-0.2, -0.15) is 0 Å². The number of thiophene rings is 1. The van der Waals surface area contributed by atoms with Gasteiger partial charge >= 0.3 is 0 Å². The van der Waals surface area contributed by atoms with Gasteiger partial charge in [0.15, 0.2) is 0 Å². The number of halogens is 1. The third kappa shape index (κ3) is 2.57. The SMILES string of the molecule is [2H]C([2H])([2H])c1ccc2c(c1)-c1c(-c3ccc(Cl)cc3)sc(-c3ccccc3)c1C2(C)C. The molecule has 0 bridgehead atoms. The van der Waals surface area contributed by atoms with Gasteiger partial charge in [-0.1, -0.05) is 91.7 Å². The van der Waals surface area contributed by atoms with E-state index in [1.807, 2.05) is 42.5 Å². The van der Waals surface area contributed by atoms with E-state index >= 15 is 0 Å². The second-order valence-corrected chi connectivity index (χ2v) is 9.23. The number of fused-ring (bicyclic) bond motifs is 3. The van der Waals surface area contributed by atoms with E-state index in [9.17, 15) is 0 Å². The van der Waals surface area contributed by atoms with Gasteiger partial charge in [0.1, 0.15) is 0 Å². The highest BCUT2D eigenvalue weighted by Crippen LogP contribution is 2.59. The fourth-order valence-corrected chi connectivity index (χ4v) is 5.92. The fraction of sp³-hybridized carbons (Fsp3) is 0.154. The Kier molecular flexibility index (Phi) is 3.31. The standard InChI is InChI=1S/C26H21ClS/c1-16-9-14-21-20(15-16)22-23(26(21,2)3)25(17-7-5-4-6-8-17)28-24(22)18-10-12-19(27)13-11-18/h4-15H,1-3H3/i1D3. The van der Waals surface area contributed by atoms with Gasteiger partial charge in [-0.05, 0) is 46.8 Å². The molecule has 0 N–H and O–H groups in total. The largest absolute Gasteiger partial charge is 0.134 e. The van der Waals surface area contributed by atoms with E-state index in [0.29, 0.717) is 10.6 Å². The van der Waals surface area contributed by atoms with E-state index in [1.54, 1.807) is 17.4 Å². The highest BCUT2D eigenvalue weighted by molar-refractivity contribution is 7.19. The van der Waals surface area contributed by atoms with Crippen molar-refractivity contribution in [3.63, 3.8) is 0 Å². The predicted octanol–water partition coefficient (Wildman–Crippen LogP) is 8.35. The number of rotatable bonds is 2. The molecule has 0 nitrogen and oxygen atoms in total. The van der Waals surface area contributed by atoms with Crippen molar-refractivity contribution >= 4 is 22.9 Å². The van der Waals surface area contributed by atoms with Crippen molar-refractivity contribution in [2.24, 2.45) is 0 Å². The van der Waals surface area contributed by atoms with Gasteiger partial charge in [0.05, 0.1) is 0 Å². The van der Waals surface area contributed by atoms with E-state index < -0.39 is 6.85 Å². The Morgan fingerprint density at radius 2 is 1.57 bits per heavy atom. The van der Waals surface area contributed by atoms with Crippen molar-refractivity contribution in [1.29, 1.82) is 0 Å². The molecule has 1 aromatic heterocycles. The molecule has 0 atom stereocenters. The van der Waals surface area contributed by atoms with E-state index in [4.69, 9.17) is 15.7 Å². The maximum Gasteiger partial charge on any atom is 0.0431 e.